The fourth-order valence-electron chi connectivity index (χ4n) is 6.42. The van der Waals surface area contributed by atoms with Gasteiger partial charge in [-0.15, -0.1) is 0 Å². The Morgan fingerprint density at radius 1 is 0.391 bits per heavy atom. The van der Waals surface area contributed by atoms with Crippen molar-refractivity contribution in [3.63, 3.8) is 0 Å². The molecule has 0 atom stereocenters. The molecule has 226 valence electrons. The lowest BCUT2D eigenvalue weighted by Crippen LogP contribution is -2.29. The van der Waals surface area contributed by atoms with Crippen LogP contribution in [0.15, 0.2) is 146 Å². The molecule has 6 heteroatoms. The van der Waals surface area contributed by atoms with Gasteiger partial charge in [0.2, 0.25) is 0 Å². The van der Waals surface area contributed by atoms with Crippen molar-refractivity contribution < 1.29 is 9.47 Å². The molecular weight excluding hydrogens is 602 g/mol. The smallest absolute Gasteiger partial charge is 0.151 e. The molecule has 0 bridgehead atoms. The standard InChI is InChI=1S/C40H34N2O2P2/c1-5-13-29(14-6-1)45(30-15-7-2-8-16-30)35-23-21-33-39(43-27-25-41-33)37(35)38-36(24-22-34-40(38)44-28-26-42-34)46(31-17-9-3-10-18-31)32-19-11-4-12-20-32/h1-24,41-42H,25-28H2. The summed E-state index contributed by atoms with van der Waals surface area (Å²) in [4.78, 5) is 0. The zero-order valence-electron chi connectivity index (χ0n) is 25.4. The predicted molar refractivity (Wildman–Crippen MR) is 197 cm³/mol. The highest BCUT2D eigenvalue weighted by Gasteiger charge is 2.33. The lowest BCUT2D eigenvalue weighted by atomic mass is 10.00. The summed E-state index contributed by atoms with van der Waals surface area (Å²) in [6.45, 7) is 2.76. The minimum absolute atomic E-state index is 0.605. The van der Waals surface area contributed by atoms with Gasteiger partial charge in [-0.25, -0.2) is 0 Å². The zero-order chi connectivity index (χ0) is 30.7. The first-order chi connectivity index (χ1) is 22.9. The van der Waals surface area contributed by atoms with E-state index in [9.17, 15) is 0 Å². The van der Waals surface area contributed by atoms with E-state index in [1.165, 1.54) is 31.8 Å². The molecule has 2 aliphatic heterocycles. The molecule has 0 spiro atoms. The first-order valence-electron chi connectivity index (χ1n) is 15.7. The third-order valence-electron chi connectivity index (χ3n) is 8.39. The maximum absolute atomic E-state index is 6.69. The number of rotatable bonds is 7. The summed E-state index contributed by atoms with van der Waals surface area (Å²) in [6.07, 6.45) is 0. The van der Waals surface area contributed by atoms with Crippen LogP contribution >= 0.6 is 15.8 Å². The largest absolute Gasteiger partial charge is 0.489 e. The predicted octanol–water partition coefficient (Wildman–Crippen LogP) is 6.48. The molecule has 0 aromatic heterocycles. The topological polar surface area (TPSA) is 42.5 Å². The Morgan fingerprint density at radius 2 is 0.717 bits per heavy atom. The molecule has 4 nitrogen and oxygen atoms in total. The van der Waals surface area contributed by atoms with Gasteiger partial charge in [0.05, 0.1) is 11.4 Å². The normalized spacial score (nSPS) is 13.5. The maximum Gasteiger partial charge on any atom is 0.151 e. The van der Waals surface area contributed by atoms with E-state index in [1.54, 1.807) is 0 Å². The van der Waals surface area contributed by atoms with Crippen LogP contribution in [0.1, 0.15) is 0 Å². The molecule has 0 radical (unpaired) electrons. The Kier molecular flexibility index (Phi) is 8.15. The average molecular weight is 637 g/mol. The molecule has 0 unspecified atom stereocenters. The Labute approximate surface area is 272 Å². The van der Waals surface area contributed by atoms with Crippen LogP contribution in [0.2, 0.25) is 0 Å². The van der Waals surface area contributed by atoms with Crippen LogP contribution in [0.4, 0.5) is 11.4 Å². The van der Waals surface area contributed by atoms with Gasteiger partial charge < -0.3 is 20.1 Å². The molecule has 46 heavy (non-hydrogen) atoms. The van der Waals surface area contributed by atoms with Crippen LogP contribution in [0.3, 0.4) is 0 Å². The van der Waals surface area contributed by atoms with Gasteiger partial charge in [-0.2, -0.15) is 0 Å². The summed E-state index contributed by atoms with van der Waals surface area (Å²) in [5, 5.41) is 15.0. The number of ether oxygens (including phenoxy) is 2. The molecule has 0 amide bonds. The lowest BCUT2D eigenvalue weighted by molar-refractivity contribution is 0.320. The Hall–Kier alpha value is -4.62. The first-order valence-corrected chi connectivity index (χ1v) is 18.4. The van der Waals surface area contributed by atoms with Gasteiger partial charge in [-0.1, -0.05) is 133 Å². The molecule has 0 fully saturated rings. The second-order valence-electron chi connectivity index (χ2n) is 11.2. The van der Waals surface area contributed by atoms with E-state index >= 15 is 0 Å². The second kappa shape index (κ2) is 13.0. The second-order valence-corrected chi connectivity index (χ2v) is 15.6. The molecular formula is C40H34N2O2P2. The number of fused-ring (bicyclic) bond motifs is 2. The van der Waals surface area contributed by atoms with Crippen LogP contribution in [0.25, 0.3) is 11.1 Å². The highest BCUT2D eigenvalue weighted by Crippen LogP contribution is 2.51. The van der Waals surface area contributed by atoms with Crippen molar-refractivity contribution in [1.82, 2.24) is 0 Å². The SMILES string of the molecule is c1ccc(P(c2ccccc2)c2ccc3c(c2-c2c(P(c4ccccc4)c4ccccc4)ccc4c2OCCN4)OCCN3)cc1. The van der Waals surface area contributed by atoms with Gasteiger partial charge >= 0.3 is 0 Å². The average Bonchev–Trinajstić information content (AvgIpc) is 3.14. The zero-order valence-corrected chi connectivity index (χ0v) is 27.2. The van der Waals surface area contributed by atoms with E-state index in [1.807, 2.05) is 0 Å². The van der Waals surface area contributed by atoms with Gasteiger partial charge in [0.1, 0.15) is 13.2 Å². The van der Waals surface area contributed by atoms with Gasteiger partial charge in [-0.3, -0.25) is 0 Å². The molecule has 0 aliphatic carbocycles. The van der Waals surface area contributed by atoms with E-state index in [0.717, 1.165) is 47.1 Å². The van der Waals surface area contributed by atoms with E-state index in [0.29, 0.717) is 13.2 Å². The van der Waals surface area contributed by atoms with Gasteiger partial charge in [0.25, 0.3) is 0 Å². The number of anilines is 2. The van der Waals surface area contributed by atoms with E-state index in [-0.39, 0.29) is 0 Å². The molecule has 2 heterocycles. The van der Waals surface area contributed by atoms with Gasteiger partial charge in [-0.05, 0) is 59.8 Å². The van der Waals surface area contributed by atoms with Crippen molar-refractivity contribution in [3.8, 4) is 22.6 Å². The molecule has 6 aromatic rings. The monoisotopic (exact) mass is 636 g/mol. The molecule has 2 aliphatic rings. The fourth-order valence-corrected chi connectivity index (χ4v) is 11.3. The van der Waals surface area contributed by atoms with Crippen LogP contribution < -0.4 is 51.9 Å². The van der Waals surface area contributed by atoms with Crippen molar-refractivity contribution in [2.24, 2.45) is 0 Å². The number of hydrogen-bond acceptors (Lipinski definition) is 4. The summed E-state index contributed by atoms with van der Waals surface area (Å²) >= 11 is 0. The van der Waals surface area contributed by atoms with Crippen molar-refractivity contribution >= 4 is 59.0 Å². The lowest BCUT2D eigenvalue weighted by Gasteiger charge is -2.32. The van der Waals surface area contributed by atoms with Crippen LogP contribution in [0, 0.1) is 0 Å². The van der Waals surface area contributed by atoms with Crippen molar-refractivity contribution in [2.75, 3.05) is 36.9 Å². The summed E-state index contributed by atoms with van der Waals surface area (Å²) < 4.78 is 13.4. The summed E-state index contributed by atoms with van der Waals surface area (Å²) in [5.41, 5.74) is 4.30. The third-order valence-corrected chi connectivity index (χ3v) is 13.4. The van der Waals surface area contributed by atoms with Crippen molar-refractivity contribution in [3.05, 3.63) is 146 Å². The van der Waals surface area contributed by atoms with Gasteiger partial charge in [0, 0.05) is 24.2 Å². The van der Waals surface area contributed by atoms with Crippen LogP contribution in [0.5, 0.6) is 11.5 Å². The quantitative estimate of drug-likeness (QED) is 0.197. The van der Waals surface area contributed by atoms with Crippen molar-refractivity contribution in [1.29, 1.82) is 0 Å². The molecule has 6 aromatic carbocycles. The Bertz CT molecular complexity index is 1730. The fraction of sp³-hybridized carbons (Fsp3) is 0.100. The number of benzene rings is 6. The van der Waals surface area contributed by atoms with E-state index in [2.05, 4.69) is 156 Å². The van der Waals surface area contributed by atoms with Gasteiger partial charge in [0.15, 0.2) is 11.5 Å². The summed E-state index contributed by atoms with van der Waals surface area (Å²) in [6, 6.07) is 52.8. The molecule has 0 saturated heterocycles. The third kappa shape index (κ3) is 5.43. The summed E-state index contributed by atoms with van der Waals surface area (Å²) in [5.74, 6) is 1.81. The Balaban J connectivity index is 1.48. The highest BCUT2D eigenvalue weighted by atomic mass is 31.1. The van der Waals surface area contributed by atoms with E-state index < -0.39 is 15.8 Å². The first kappa shape index (κ1) is 28.8. The minimum Gasteiger partial charge on any atom is -0.489 e. The summed E-state index contributed by atoms with van der Waals surface area (Å²) in [7, 11) is -1.87. The van der Waals surface area contributed by atoms with Crippen molar-refractivity contribution in [2.45, 2.75) is 0 Å². The van der Waals surface area contributed by atoms with Crippen LogP contribution in [-0.4, -0.2) is 26.3 Å². The van der Waals surface area contributed by atoms with E-state index in [4.69, 9.17) is 9.47 Å². The van der Waals surface area contributed by atoms with Crippen LogP contribution in [-0.2, 0) is 0 Å². The number of nitrogens with one attached hydrogen (secondary N) is 2. The maximum atomic E-state index is 6.69. The molecule has 2 N–H and O–H groups in total. The molecule has 0 saturated carbocycles. The molecule has 8 rings (SSSR count). The highest BCUT2D eigenvalue weighted by molar-refractivity contribution is 7.80. The number of hydrogen-bond donors (Lipinski definition) is 2. The minimum atomic E-state index is -0.936. The Morgan fingerprint density at radius 3 is 1.04 bits per heavy atom.